The molecule has 0 aliphatic carbocycles. The largest absolute Gasteiger partial charge is 0.480 e. The molecule has 0 radical (unpaired) electrons. The SMILES string of the molecule is NC(=O)C[C@@H](NC(=O)c1ccc(Cl)cc1Cl)C(=O)O. The van der Waals surface area contributed by atoms with Crippen LogP contribution in [-0.2, 0) is 9.59 Å². The average molecular weight is 305 g/mol. The monoisotopic (exact) mass is 304 g/mol. The van der Waals surface area contributed by atoms with Crippen LogP contribution in [0.5, 0.6) is 0 Å². The van der Waals surface area contributed by atoms with E-state index >= 15 is 0 Å². The van der Waals surface area contributed by atoms with Gasteiger partial charge >= 0.3 is 5.97 Å². The summed E-state index contributed by atoms with van der Waals surface area (Å²) in [6.45, 7) is 0. The Kier molecular flexibility index (Phi) is 5.14. The lowest BCUT2D eigenvalue weighted by atomic mass is 10.1. The van der Waals surface area contributed by atoms with Gasteiger partial charge in [-0.15, -0.1) is 0 Å². The minimum absolute atomic E-state index is 0.0572. The topological polar surface area (TPSA) is 109 Å². The summed E-state index contributed by atoms with van der Waals surface area (Å²) in [7, 11) is 0. The van der Waals surface area contributed by atoms with Gasteiger partial charge in [0.25, 0.3) is 5.91 Å². The number of hydrogen-bond acceptors (Lipinski definition) is 3. The zero-order valence-electron chi connectivity index (χ0n) is 9.52. The van der Waals surface area contributed by atoms with E-state index in [9.17, 15) is 14.4 Å². The maximum Gasteiger partial charge on any atom is 0.326 e. The van der Waals surface area contributed by atoms with Crippen LogP contribution in [0.4, 0.5) is 0 Å². The van der Waals surface area contributed by atoms with Crippen molar-refractivity contribution in [1.29, 1.82) is 0 Å². The molecule has 0 fully saturated rings. The number of nitrogens with one attached hydrogen (secondary N) is 1. The lowest BCUT2D eigenvalue weighted by molar-refractivity contribution is -0.140. The number of hydrogen-bond donors (Lipinski definition) is 3. The zero-order valence-corrected chi connectivity index (χ0v) is 11.0. The summed E-state index contributed by atoms with van der Waals surface area (Å²) in [4.78, 5) is 33.4. The van der Waals surface area contributed by atoms with Crippen molar-refractivity contribution in [3.05, 3.63) is 33.8 Å². The Hall–Kier alpha value is -1.79. The second-order valence-corrected chi connectivity index (χ2v) is 4.50. The molecule has 0 saturated carbocycles. The molecule has 0 unspecified atom stereocenters. The number of carboxylic acids is 1. The van der Waals surface area contributed by atoms with E-state index in [1.54, 1.807) is 0 Å². The van der Waals surface area contributed by atoms with Crippen molar-refractivity contribution in [1.82, 2.24) is 5.32 Å². The third-order valence-electron chi connectivity index (χ3n) is 2.18. The van der Waals surface area contributed by atoms with Crippen molar-refractivity contribution in [2.45, 2.75) is 12.5 Å². The fourth-order valence-electron chi connectivity index (χ4n) is 1.31. The molecule has 1 atom stereocenters. The molecule has 0 saturated heterocycles. The number of aliphatic carboxylic acids is 1. The molecule has 0 heterocycles. The molecule has 6 nitrogen and oxygen atoms in total. The summed E-state index contributed by atoms with van der Waals surface area (Å²) in [5.74, 6) is -2.93. The Morgan fingerprint density at radius 1 is 1.32 bits per heavy atom. The number of amides is 2. The summed E-state index contributed by atoms with van der Waals surface area (Å²) in [5.41, 5.74) is 4.96. The summed E-state index contributed by atoms with van der Waals surface area (Å²) >= 11 is 11.5. The van der Waals surface area contributed by atoms with Crippen LogP contribution >= 0.6 is 23.2 Å². The second-order valence-electron chi connectivity index (χ2n) is 3.66. The molecule has 0 bridgehead atoms. The van der Waals surface area contributed by atoms with Crippen molar-refractivity contribution in [3.63, 3.8) is 0 Å². The molecule has 0 aromatic heterocycles. The van der Waals surface area contributed by atoms with E-state index in [2.05, 4.69) is 5.32 Å². The van der Waals surface area contributed by atoms with Gasteiger partial charge in [-0.3, -0.25) is 9.59 Å². The van der Waals surface area contributed by atoms with Crippen LogP contribution in [0, 0.1) is 0 Å². The summed E-state index contributed by atoms with van der Waals surface area (Å²) in [6.07, 6.45) is -0.508. The van der Waals surface area contributed by atoms with E-state index in [0.29, 0.717) is 5.02 Å². The maximum absolute atomic E-state index is 11.8. The van der Waals surface area contributed by atoms with Crippen molar-refractivity contribution in [3.8, 4) is 0 Å². The fraction of sp³-hybridized carbons (Fsp3) is 0.182. The van der Waals surface area contributed by atoms with Gasteiger partial charge in [0.15, 0.2) is 0 Å². The van der Waals surface area contributed by atoms with Crippen LogP contribution in [-0.4, -0.2) is 28.9 Å². The van der Waals surface area contributed by atoms with Gasteiger partial charge in [-0.1, -0.05) is 23.2 Å². The van der Waals surface area contributed by atoms with Crippen molar-refractivity contribution >= 4 is 41.0 Å². The van der Waals surface area contributed by atoms with Gasteiger partial charge in [-0.2, -0.15) is 0 Å². The molecule has 102 valence electrons. The van der Waals surface area contributed by atoms with Crippen LogP contribution in [0.3, 0.4) is 0 Å². The second kappa shape index (κ2) is 6.40. The van der Waals surface area contributed by atoms with Gasteiger partial charge in [-0.25, -0.2) is 4.79 Å². The highest BCUT2D eigenvalue weighted by molar-refractivity contribution is 6.36. The van der Waals surface area contributed by atoms with Crippen LogP contribution in [0.1, 0.15) is 16.8 Å². The first kappa shape index (κ1) is 15.3. The highest BCUT2D eigenvalue weighted by atomic mass is 35.5. The number of primary amides is 1. The molecule has 1 aromatic carbocycles. The van der Waals surface area contributed by atoms with E-state index in [0.717, 1.165) is 0 Å². The Morgan fingerprint density at radius 2 is 1.95 bits per heavy atom. The summed E-state index contributed by atoms with van der Waals surface area (Å²) < 4.78 is 0. The van der Waals surface area contributed by atoms with E-state index in [1.165, 1.54) is 18.2 Å². The van der Waals surface area contributed by atoms with E-state index < -0.39 is 30.2 Å². The Morgan fingerprint density at radius 3 is 2.42 bits per heavy atom. The minimum Gasteiger partial charge on any atom is -0.480 e. The average Bonchev–Trinajstić information content (AvgIpc) is 2.26. The molecular formula is C11H10Cl2N2O4. The standard InChI is InChI=1S/C11H10Cl2N2O4/c12-5-1-2-6(7(13)3-5)10(17)15-8(11(18)19)4-9(14)16/h1-3,8H,4H2,(H2,14,16)(H,15,17)(H,18,19)/t8-/m1/s1. The van der Waals surface area contributed by atoms with Crippen LogP contribution in [0.2, 0.25) is 10.0 Å². The van der Waals surface area contributed by atoms with Gasteiger partial charge in [0.05, 0.1) is 17.0 Å². The predicted octanol–water partition coefficient (Wildman–Crippen LogP) is 1.05. The number of halogens is 2. The van der Waals surface area contributed by atoms with Gasteiger partial charge in [0.1, 0.15) is 6.04 Å². The fourth-order valence-corrected chi connectivity index (χ4v) is 1.81. The molecular weight excluding hydrogens is 295 g/mol. The van der Waals surface area contributed by atoms with Gasteiger partial charge < -0.3 is 16.2 Å². The zero-order chi connectivity index (χ0) is 14.6. The highest BCUT2D eigenvalue weighted by Crippen LogP contribution is 2.20. The first-order valence-electron chi connectivity index (χ1n) is 5.08. The number of nitrogens with two attached hydrogens (primary N) is 1. The first-order valence-corrected chi connectivity index (χ1v) is 5.84. The van der Waals surface area contributed by atoms with Crippen LogP contribution < -0.4 is 11.1 Å². The Balaban J connectivity index is 2.87. The number of benzene rings is 1. The predicted molar refractivity (Wildman–Crippen MR) is 69.2 cm³/mol. The highest BCUT2D eigenvalue weighted by Gasteiger charge is 2.23. The minimum atomic E-state index is -1.41. The smallest absolute Gasteiger partial charge is 0.326 e. The Bertz CT molecular complexity index is 533. The van der Waals surface area contributed by atoms with E-state index in [4.69, 9.17) is 34.0 Å². The molecule has 0 aliphatic heterocycles. The molecule has 19 heavy (non-hydrogen) atoms. The van der Waals surface area contributed by atoms with Crippen molar-refractivity contribution < 1.29 is 19.5 Å². The van der Waals surface area contributed by atoms with Crippen molar-refractivity contribution in [2.24, 2.45) is 5.73 Å². The van der Waals surface area contributed by atoms with Crippen molar-refractivity contribution in [2.75, 3.05) is 0 Å². The molecule has 0 aliphatic rings. The molecule has 8 heteroatoms. The van der Waals surface area contributed by atoms with E-state index in [-0.39, 0.29) is 10.6 Å². The first-order chi connectivity index (χ1) is 8.81. The number of carbonyl (C=O) groups excluding carboxylic acids is 2. The number of carboxylic acid groups (broad SMARTS) is 1. The molecule has 4 N–H and O–H groups in total. The third-order valence-corrected chi connectivity index (χ3v) is 2.73. The maximum atomic E-state index is 11.8. The number of carbonyl (C=O) groups is 3. The molecule has 1 rings (SSSR count). The lowest BCUT2D eigenvalue weighted by Gasteiger charge is -2.13. The normalized spacial score (nSPS) is 11.7. The summed E-state index contributed by atoms with van der Waals surface area (Å²) in [5, 5.41) is 11.4. The third kappa shape index (κ3) is 4.42. The molecule has 2 amide bonds. The quantitative estimate of drug-likeness (QED) is 0.755. The number of rotatable bonds is 5. The van der Waals surface area contributed by atoms with Gasteiger partial charge in [0, 0.05) is 5.02 Å². The lowest BCUT2D eigenvalue weighted by Crippen LogP contribution is -2.43. The van der Waals surface area contributed by atoms with Crippen LogP contribution in [0.25, 0.3) is 0 Å². The van der Waals surface area contributed by atoms with Crippen LogP contribution in [0.15, 0.2) is 18.2 Å². The van der Waals surface area contributed by atoms with Gasteiger partial charge in [0.2, 0.25) is 5.91 Å². The van der Waals surface area contributed by atoms with E-state index in [1.807, 2.05) is 0 Å². The summed E-state index contributed by atoms with van der Waals surface area (Å²) in [6, 6.07) is 2.73. The Labute approximate surface area is 118 Å². The molecule has 1 aromatic rings. The van der Waals surface area contributed by atoms with Gasteiger partial charge in [-0.05, 0) is 18.2 Å². The molecule has 0 spiro atoms.